The number of rotatable bonds is 3. The molecular weight excluding hydrogens is 330 g/mol. The summed E-state index contributed by atoms with van der Waals surface area (Å²) in [5.41, 5.74) is 6.30. The number of hydrogen-bond donors (Lipinski definition) is 2. The van der Waals surface area contributed by atoms with Gasteiger partial charge in [0.05, 0.1) is 0 Å². The van der Waals surface area contributed by atoms with Crippen LogP contribution in [0.25, 0.3) is 0 Å². The molecule has 0 radical (unpaired) electrons. The Bertz CT molecular complexity index is 638. The van der Waals surface area contributed by atoms with Gasteiger partial charge in [0.2, 0.25) is 0 Å². The fourth-order valence-electron chi connectivity index (χ4n) is 1.73. The zero-order chi connectivity index (χ0) is 14.7. The highest BCUT2D eigenvalue weighted by Crippen LogP contribution is 2.19. The molecule has 0 aliphatic carbocycles. The SMILES string of the molecule is Nc1cccc(CNC(=O)c2c(F)cc(Br)cc2F)c1. The standard InChI is InChI=1S/C14H11BrF2N2O/c15-9-5-11(16)13(12(17)6-9)14(20)19-7-8-2-1-3-10(18)4-8/h1-6H,7,18H2,(H,19,20). The van der Waals surface area contributed by atoms with Crippen LogP contribution < -0.4 is 11.1 Å². The summed E-state index contributed by atoms with van der Waals surface area (Å²) in [6.45, 7) is 0.138. The number of nitrogens with one attached hydrogen (secondary N) is 1. The topological polar surface area (TPSA) is 55.1 Å². The first-order valence-corrected chi connectivity index (χ1v) is 6.54. The van der Waals surface area contributed by atoms with E-state index in [9.17, 15) is 13.6 Å². The van der Waals surface area contributed by atoms with Crippen LogP contribution in [0.1, 0.15) is 15.9 Å². The quantitative estimate of drug-likeness (QED) is 0.842. The van der Waals surface area contributed by atoms with Crippen molar-refractivity contribution < 1.29 is 13.6 Å². The van der Waals surface area contributed by atoms with Crippen LogP contribution in [-0.2, 0) is 6.54 Å². The van der Waals surface area contributed by atoms with Gasteiger partial charge < -0.3 is 11.1 Å². The second-order valence-corrected chi connectivity index (χ2v) is 5.09. The highest BCUT2D eigenvalue weighted by Gasteiger charge is 2.18. The lowest BCUT2D eigenvalue weighted by Crippen LogP contribution is -2.25. The van der Waals surface area contributed by atoms with E-state index in [0.717, 1.165) is 17.7 Å². The molecule has 6 heteroatoms. The molecule has 2 aromatic carbocycles. The van der Waals surface area contributed by atoms with Crippen LogP contribution in [0.5, 0.6) is 0 Å². The number of nitrogen functional groups attached to an aromatic ring is 1. The van der Waals surface area contributed by atoms with Crippen LogP contribution >= 0.6 is 15.9 Å². The molecule has 0 aliphatic rings. The van der Waals surface area contributed by atoms with Crippen molar-refractivity contribution in [2.24, 2.45) is 0 Å². The molecule has 2 aromatic rings. The van der Waals surface area contributed by atoms with E-state index in [-0.39, 0.29) is 11.0 Å². The molecule has 0 aliphatic heterocycles. The summed E-state index contributed by atoms with van der Waals surface area (Å²) in [7, 11) is 0. The predicted molar refractivity (Wildman–Crippen MR) is 76.1 cm³/mol. The van der Waals surface area contributed by atoms with E-state index < -0.39 is 23.1 Å². The van der Waals surface area contributed by atoms with E-state index in [2.05, 4.69) is 21.2 Å². The number of halogens is 3. The van der Waals surface area contributed by atoms with Crippen molar-refractivity contribution in [3.63, 3.8) is 0 Å². The first-order chi connectivity index (χ1) is 9.47. The number of amides is 1. The maximum atomic E-state index is 13.6. The molecule has 0 fully saturated rings. The van der Waals surface area contributed by atoms with E-state index in [0.29, 0.717) is 5.69 Å². The molecule has 0 spiro atoms. The largest absolute Gasteiger partial charge is 0.399 e. The minimum Gasteiger partial charge on any atom is -0.399 e. The number of benzene rings is 2. The fourth-order valence-corrected chi connectivity index (χ4v) is 2.13. The highest BCUT2D eigenvalue weighted by molar-refractivity contribution is 9.10. The van der Waals surface area contributed by atoms with Gasteiger partial charge in [-0.15, -0.1) is 0 Å². The maximum Gasteiger partial charge on any atom is 0.257 e. The molecule has 3 N–H and O–H groups in total. The van der Waals surface area contributed by atoms with Gasteiger partial charge in [0.15, 0.2) is 0 Å². The predicted octanol–water partition coefficient (Wildman–Crippen LogP) is 3.24. The Morgan fingerprint density at radius 2 is 1.85 bits per heavy atom. The molecule has 1 amide bonds. The van der Waals surface area contributed by atoms with Gasteiger partial charge in [0.25, 0.3) is 5.91 Å². The third-order valence-corrected chi connectivity index (χ3v) is 3.10. The molecule has 0 heterocycles. The Labute approximate surface area is 122 Å². The van der Waals surface area contributed by atoms with Crippen LogP contribution in [0, 0.1) is 11.6 Å². The van der Waals surface area contributed by atoms with Crippen molar-refractivity contribution in [3.8, 4) is 0 Å². The Morgan fingerprint density at radius 1 is 1.20 bits per heavy atom. The number of anilines is 1. The van der Waals surface area contributed by atoms with Crippen molar-refractivity contribution >= 4 is 27.5 Å². The highest BCUT2D eigenvalue weighted by atomic mass is 79.9. The summed E-state index contributed by atoms with van der Waals surface area (Å²) in [4.78, 5) is 11.8. The van der Waals surface area contributed by atoms with Gasteiger partial charge in [-0.25, -0.2) is 8.78 Å². The number of carbonyl (C=O) groups is 1. The van der Waals surface area contributed by atoms with Gasteiger partial charge in [0.1, 0.15) is 17.2 Å². The normalized spacial score (nSPS) is 10.3. The average Bonchev–Trinajstić information content (AvgIpc) is 2.35. The Hall–Kier alpha value is -1.95. The summed E-state index contributed by atoms with van der Waals surface area (Å²) in [6.07, 6.45) is 0. The lowest BCUT2D eigenvalue weighted by molar-refractivity contribution is 0.0942. The third kappa shape index (κ3) is 3.33. The van der Waals surface area contributed by atoms with Gasteiger partial charge in [0, 0.05) is 16.7 Å². The first-order valence-electron chi connectivity index (χ1n) is 5.74. The number of carbonyl (C=O) groups excluding carboxylic acids is 1. The van der Waals surface area contributed by atoms with Crippen molar-refractivity contribution in [2.45, 2.75) is 6.54 Å². The zero-order valence-corrected chi connectivity index (χ0v) is 11.9. The van der Waals surface area contributed by atoms with Gasteiger partial charge in [-0.2, -0.15) is 0 Å². The van der Waals surface area contributed by atoms with Crippen LogP contribution in [-0.4, -0.2) is 5.91 Å². The minimum absolute atomic E-state index is 0.138. The lowest BCUT2D eigenvalue weighted by Gasteiger charge is -2.08. The minimum atomic E-state index is -0.915. The first kappa shape index (κ1) is 14.5. The Balaban J connectivity index is 2.13. The van der Waals surface area contributed by atoms with Gasteiger partial charge in [-0.3, -0.25) is 4.79 Å². The molecule has 3 nitrogen and oxygen atoms in total. The van der Waals surface area contributed by atoms with E-state index in [1.54, 1.807) is 24.3 Å². The summed E-state index contributed by atoms with van der Waals surface area (Å²) in [6, 6.07) is 8.95. The van der Waals surface area contributed by atoms with E-state index >= 15 is 0 Å². The lowest BCUT2D eigenvalue weighted by atomic mass is 10.1. The van der Waals surface area contributed by atoms with Crippen LogP contribution in [0.2, 0.25) is 0 Å². The van der Waals surface area contributed by atoms with Crippen molar-refractivity contribution in [1.82, 2.24) is 5.32 Å². The molecule has 0 saturated carbocycles. The smallest absolute Gasteiger partial charge is 0.257 e. The molecule has 104 valence electrons. The van der Waals surface area contributed by atoms with E-state index in [1.807, 2.05) is 0 Å². The van der Waals surface area contributed by atoms with E-state index in [1.165, 1.54) is 0 Å². The van der Waals surface area contributed by atoms with Crippen molar-refractivity contribution in [3.05, 3.63) is 63.6 Å². The Kier molecular flexibility index (Phi) is 4.34. The van der Waals surface area contributed by atoms with Crippen LogP contribution in [0.15, 0.2) is 40.9 Å². The second kappa shape index (κ2) is 6.00. The summed E-state index contributed by atoms with van der Waals surface area (Å²) >= 11 is 2.95. The zero-order valence-electron chi connectivity index (χ0n) is 10.3. The molecule has 0 atom stereocenters. The molecular formula is C14H11BrF2N2O. The van der Waals surface area contributed by atoms with Gasteiger partial charge >= 0.3 is 0 Å². The summed E-state index contributed by atoms with van der Waals surface area (Å²) in [5, 5.41) is 2.45. The second-order valence-electron chi connectivity index (χ2n) is 4.17. The van der Waals surface area contributed by atoms with Crippen LogP contribution in [0.3, 0.4) is 0 Å². The molecule has 2 rings (SSSR count). The van der Waals surface area contributed by atoms with E-state index in [4.69, 9.17) is 5.73 Å². The van der Waals surface area contributed by atoms with Crippen molar-refractivity contribution in [1.29, 1.82) is 0 Å². The maximum absolute atomic E-state index is 13.6. The number of hydrogen-bond acceptors (Lipinski definition) is 2. The monoisotopic (exact) mass is 340 g/mol. The Morgan fingerprint density at radius 3 is 2.45 bits per heavy atom. The van der Waals surface area contributed by atoms with Crippen LogP contribution in [0.4, 0.5) is 14.5 Å². The van der Waals surface area contributed by atoms with Gasteiger partial charge in [-0.05, 0) is 29.8 Å². The van der Waals surface area contributed by atoms with Gasteiger partial charge in [-0.1, -0.05) is 28.1 Å². The fraction of sp³-hybridized carbons (Fsp3) is 0.0714. The molecule has 0 saturated heterocycles. The molecule has 0 bridgehead atoms. The van der Waals surface area contributed by atoms with Crippen molar-refractivity contribution in [2.75, 3.05) is 5.73 Å². The summed E-state index contributed by atoms with van der Waals surface area (Å²) < 4.78 is 27.4. The molecule has 0 aromatic heterocycles. The molecule has 20 heavy (non-hydrogen) atoms. The third-order valence-electron chi connectivity index (χ3n) is 2.64. The molecule has 0 unspecified atom stereocenters. The summed E-state index contributed by atoms with van der Waals surface area (Å²) in [5.74, 6) is -2.64. The average molecular weight is 341 g/mol. The number of nitrogens with two attached hydrogens (primary N) is 1.